The maximum Gasteiger partial charge on any atom is 0.201 e. The maximum absolute atomic E-state index is 6.14. The van der Waals surface area contributed by atoms with Crippen LogP contribution >= 0.6 is 35.4 Å². The second kappa shape index (κ2) is 7.27. The summed E-state index contributed by atoms with van der Waals surface area (Å²) >= 11 is 17.6. The number of halogens is 2. The van der Waals surface area contributed by atoms with Gasteiger partial charge in [-0.3, -0.25) is 0 Å². The molecule has 0 saturated carbocycles. The van der Waals surface area contributed by atoms with Crippen molar-refractivity contribution in [2.45, 2.75) is 13.8 Å². The van der Waals surface area contributed by atoms with Crippen molar-refractivity contribution in [1.29, 1.82) is 0 Å². The lowest BCUT2D eigenvalue weighted by molar-refractivity contribution is 0.836. The lowest BCUT2D eigenvalue weighted by Crippen LogP contribution is -2.01. The van der Waals surface area contributed by atoms with E-state index in [-0.39, 0.29) is 0 Å². The Morgan fingerprint density at radius 1 is 1.27 bits per heavy atom. The maximum atomic E-state index is 6.14. The van der Waals surface area contributed by atoms with E-state index >= 15 is 0 Å². The van der Waals surface area contributed by atoms with Gasteiger partial charge in [-0.05, 0) is 18.1 Å². The zero-order chi connectivity index (χ0) is 16.3. The van der Waals surface area contributed by atoms with Crippen molar-refractivity contribution in [3.8, 4) is 11.3 Å². The topological polar surface area (TPSA) is 40.7 Å². The molecule has 1 aromatic heterocycles. The van der Waals surface area contributed by atoms with Gasteiger partial charge < -0.3 is 10.3 Å². The molecule has 2 aromatic rings. The molecule has 6 heteroatoms. The highest BCUT2D eigenvalue weighted by molar-refractivity contribution is 7.71. The van der Waals surface area contributed by atoms with Gasteiger partial charge in [0, 0.05) is 18.2 Å². The number of aromatic amines is 1. The van der Waals surface area contributed by atoms with E-state index in [9.17, 15) is 0 Å². The van der Waals surface area contributed by atoms with Crippen LogP contribution in [0.5, 0.6) is 0 Å². The van der Waals surface area contributed by atoms with Crippen molar-refractivity contribution >= 4 is 47.4 Å². The number of hydrogen-bond donors (Lipinski definition) is 2. The highest BCUT2D eigenvalue weighted by atomic mass is 35.5. The summed E-state index contributed by atoms with van der Waals surface area (Å²) in [7, 11) is 1.79. The monoisotopic (exact) mass is 353 g/mol. The first-order valence-electron chi connectivity index (χ1n) is 6.88. The van der Waals surface area contributed by atoms with Gasteiger partial charge in [-0.15, -0.1) is 0 Å². The van der Waals surface area contributed by atoms with Crippen molar-refractivity contribution < 1.29 is 0 Å². The van der Waals surface area contributed by atoms with Crippen LogP contribution in [0, 0.1) is 10.6 Å². The highest BCUT2D eigenvalue weighted by Gasteiger charge is 2.10. The van der Waals surface area contributed by atoms with Gasteiger partial charge in [0.25, 0.3) is 0 Å². The predicted octanol–water partition coefficient (Wildman–Crippen LogP) is 5.82. The van der Waals surface area contributed by atoms with Gasteiger partial charge in [-0.25, -0.2) is 4.98 Å². The summed E-state index contributed by atoms with van der Waals surface area (Å²) < 4.78 is 0.529. The lowest BCUT2D eigenvalue weighted by Gasteiger charge is -2.11. The zero-order valence-electron chi connectivity index (χ0n) is 12.6. The van der Waals surface area contributed by atoms with Gasteiger partial charge in [0.1, 0.15) is 4.64 Å². The van der Waals surface area contributed by atoms with Crippen LogP contribution in [-0.2, 0) is 0 Å². The molecule has 3 nitrogen and oxygen atoms in total. The molecule has 0 aliphatic carbocycles. The molecule has 0 fully saturated rings. The van der Waals surface area contributed by atoms with E-state index in [0.717, 1.165) is 16.8 Å². The highest BCUT2D eigenvalue weighted by Crippen LogP contribution is 2.30. The molecule has 0 atom stereocenters. The smallest absolute Gasteiger partial charge is 0.201 e. The fourth-order valence-electron chi connectivity index (χ4n) is 1.92. The predicted molar refractivity (Wildman–Crippen MR) is 98.3 cm³/mol. The molecule has 2 N–H and O–H groups in total. The third-order valence-electron chi connectivity index (χ3n) is 3.05. The number of hydrogen-bond acceptors (Lipinski definition) is 3. The van der Waals surface area contributed by atoms with Gasteiger partial charge in [-0.2, -0.15) is 0 Å². The van der Waals surface area contributed by atoms with E-state index in [1.165, 1.54) is 0 Å². The summed E-state index contributed by atoms with van der Waals surface area (Å²) in [5.74, 6) is 1.02. The van der Waals surface area contributed by atoms with Crippen LogP contribution in [0.4, 0.5) is 5.95 Å². The van der Waals surface area contributed by atoms with E-state index in [0.29, 0.717) is 26.6 Å². The number of benzene rings is 1. The number of allylic oxidation sites excluding steroid dienone is 1. The zero-order valence-corrected chi connectivity index (χ0v) is 14.9. The summed E-state index contributed by atoms with van der Waals surface area (Å²) in [6.07, 6.45) is 4.08. The summed E-state index contributed by atoms with van der Waals surface area (Å²) in [6, 6.07) is 5.49. The molecule has 0 unspecified atom stereocenters. The lowest BCUT2D eigenvalue weighted by atomic mass is 10.1. The molecule has 2 rings (SSSR count). The average molecular weight is 354 g/mol. The fraction of sp³-hybridized carbons (Fsp3) is 0.250. The molecule has 1 aromatic carbocycles. The number of anilines is 1. The van der Waals surface area contributed by atoms with Crippen molar-refractivity contribution in [2.24, 2.45) is 5.92 Å². The summed E-state index contributed by atoms with van der Waals surface area (Å²) in [6.45, 7) is 4.22. The largest absolute Gasteiger partial charge is 0.359 e. The van der Waals surface area contributed by atoms with Gasteiger partial charge in [0.2, 0.25) is 5.95 Å². The molecule has 1 heterocycles. The second-order valence-electron chi connectivity index (χ2n) is 5.16. The molecule has 0 amide bonds. The minimum absolute atomic E-state index is 0.417. The molecule has 0 radical (unpaired) electrons. The number of nitrogens with one attached hydrogen (secondary N) is 2. The van der Waals surface area contributed by atoms with Crippen molar-refractivity contribution in [1.82, 2.24) is 9.97 Å². The normalized spacial score (nSPS) is 11.4. The molecule has 0 aliphatic rings. The molecule has 0 bridgehead atoms. The van der Waals surface area contributed by atoms with Gasteiger partial charge in [0.05, 0.1) is 15.7 Å². The Morgan fingerprint density at radius 2 is 2.00 bits per heavy atom. The van der Waals surface area contributed by atoms with Crippen LogP contribution in [0.25, 0.3) is 17.3 Å². The number of rotatable bonds is 4. The van der Waals surface area contributed by atoms with Crippen LogP contribution in [-0.4, -0.2) is 17.0 Å². The Hall–Kier alpha value is -1.36. The van der Waals surface area contributed by atoms with E-state index in [1.807, 2.05) is 18.2 Å². The number of H-pyrrole nitrogens is 1. The standard InChI is InChI=1S/C16H17Cl2N3S/c1-9(2)4-6-11-14(20-16(19-3)21-15(11)22)10-5-7-12(17)13(18)8-10/h4-9H,1-3H3,(H2,19,20,21,22)/b6-4+. The van der Waals surface area contributed by atoms with Crippen LogP contribution in [0.2, 0.25) is 10.0 Å². The van der Waals surface area contributed by atoms with Crippen LogP contribution < -0.4 is 5.32 Å². The van der Waals surface area contributed by atoms with Gasteiger partial charge in [0.15, 0.2) is 0 Å². The van der Waals surface area contributed by atoms with E-state index in [1.54, 1.807) is 13.1 Å². The first-order valence-corrected chi connectivity index (χ1v) is 8.04. The van der Waals surface area contributed by atoms with Crippen LogP contribution in [0.15, 0.2) is 24.3 Å². The van der Waals surface area contributed by atoms with Gasteiger partial charge >= 0.3 is 0 Å². The third kappa shape index (κ3) is 3.88. The Morgan fingerprint density at radius 3 is 2.59 bits per heavy atom. The quantitative estimate of drug-likeness (QED) is 0.679. The Labute approximate surface area is 145 Å². The number of nitrogens with zero attached hydrogens (tertiary/aromatic N) is 1. The molecule has 0 aliphatic heterocycles. The Kier molecular flexibility index (Phi) is 5.62. The fourth-order valence-corrected chi connectivity index (χ4v) is 2.48. The molecule has 0 saturated heterocycles. The minimum Gasteiger partial charge on any atom is -0.359 e. The summed E-state index contributed by atoms with van der Waals surface area (Å²) in [5.41, 5.74) is 2.63. The van der Waals surface area contributed by atoms with E-state index in [2.05, 4.69) is 35.2 Å². The SMILES string of the molecule is CNc1nc(=S)c(/C=C/C(C)C)c(-c2ccc(Cl)c(Cl)c2)[nH]1. The van der Waals surface area contributed by atoms with Crippen molar-refractivity contribution in [3.05, 3.63) is 44.5 Å². The molecule has 0 spiro atoms. The first-order chi connectivity index (χ1) is 10.4. The molecule has 22 heavy (non-hydrogen) atoms. The Balaban J connectivity index is 2.67. The molecule has 116 valence electrons. The minimum atomic E-state index is 0.417. The summed E-state index contributed by atoms with van der Waals surface area (Å²) in [4.78, 5) is 7.58. The van der Waals surface area contributed by atoms with Crippen molar-refractivity contribution in [3.63, 3.8) is 0 Å². The van der Waals surface area contributed by atoms with E-state index < -0.39 is 0 Å². The van der Waals surface area contributed by atoms with Gasteiger partial charge in [-0.1, -0.05) is 67.5 Å². The third-order valence-corrected chi connectivity index (χ3v) is 4.10. The number of aromatic nitrogens is 2. The van der Waals surface area contributed by atoms with Crippen LogP contribution in [0.1, 0.15) is 19.4 Å². The van der Waals surface area contributed by atoms with Crippen molar-refractivity contribution in [2.75, 3.05) is 12.4 Å². The average Bonchev–Trinajstić information content (AvgIpc) is 2.47. The second-order valence-corrected chi connectivity index (χ2v) is 6.36. The Bertz CT molecular complexity index is 766. The molecular weight excluding hydrogens is 337 g/mol. The van der Waals surface area contributed by atoms with Crippen LogP contribution in [0.3, 0.4) is 0 Å². The first kappa shape index (κ1) is 17.0. The van der Waals surface area contributed by atoms with E-state index in [4.69, 9.17) is 35.4 Å². The summed E-state index contributed by atoms with van der Waals surface area (Å²) in [5, 5.41) is 4.00. The molecular formula is C16H17Cl2N3S.